The molecule has 1 heterocycles. The van der Waals surface area contributed by atoms with Crippen molar-refractivity contribution in [3.8, 4) is 0 Å². The van der Waals surface area contributed by atoms with Crippen LogP contribution >= 0.6 is 0 Å². The largest absolute Gasteiger partial charge is 0.403 e. The van der Waals surface area contributed by atoms with Crippen molar-refractivity contribution >= 4 is 11.8 Å². The number of amides is 2. The third-order valence-corrected chi connectivity index (χ3v) is 2.34. The summed E-state index contributed by atoms with van der Waals surface area (Å²) in [6.45, 7) is 0. The first-order chi connectivity index (χ1) is 7.72. The molecule has 2 amide bonds. The molecule has 16 heavy (non-hydrogen) atoms. The first kappa shape index (κ1) is 10.2. The van der Waals surface area contributed by atoms with Crippen molar-refractivity contribution in [2.75, 3.05) is 0 Å². The summed E-state index contributed by atoms with van der Waals surface area (Å²) in [6, 6.07) is 8.37. The topological polar surface area (TPSA) is 84.2 Å². The molecule has 0 saturated carbocycles. The van der Waals surface area contributed by atoms with Gasteiger partial charge in [-0.3, -0.25) is 9.59 Å². The van der Waals surface area contributed by atoms with Gasteiger partial charge < -0.3 is 16.4 Å². The summed E-state index contributed by atoms with van der Waals surface area (Å²) in [5, 5.41) is 5.03. The molecule has 5 nitrogen and oxygen atoms in total. The molecule has 0 bridgehead atoms. The van der Waals surface area contributed by atoms with Gasteiger partial charge in [0.05, 0.1) is 0 Å². The van der Waals surface area contributed by atoms with Crippen LogP contribution in [-0.4, -0.2) is 11.8 Å². The zero-order chi connectivity index (χ0) is 11.5. The van der Waals surface area contributed by atoms with Crippen molar-refractivity contribution in [1.82, 2.24) is 10.6 Å². The number of piperazine rings is 1. The van der Waals surface area contributed by atoms with Crippen LogP contribution in [0.3, 0.4) is 0 Å². The minimum absolute atomic E-state index is 0.0807. The molecule has 4 N–H and O–H groups in total. The Kier molecular flexibility index (Phi) is 2.59. The van der Waals surface area contributed by atoms with Crippen LogP contribution in [0.25, 0.3) is 0 Å². The lowest BCUT2D eigenvalue weighted by Gasteiger charge is -2.24. The van der Waals surface area contributed by atoms with E-state index in [1.807, 2.05) is 18.2 Å². The second kappa shape index (κ2) is 4.06. The molecular formula is C11H11N3O2. The van der Waals surface area contributed by atoms with E-state index in [0.717, 1.165) is 11.8 Å². The number of carbonyl (C=O) groups is 2. The Bertz CT molecular complexity index is 454. The minimum Gasteiger partial charge on any atom is -0.403 e. The van der Waals surface area contributed by atoms with Crippen LogP contribution < -0.4 is 16.4 Å². The average Bonchev–Trinajstić information content (AvgIpc) is 2.32. The molecule has 2 rings (SSSR count). The zero-order valence-corrected chi connectivity index (χ0v) is 8.44. The maximum atomic E-state index is 11.7. The van der Waals surface area contributed by atoms with Gasteiger partial charge in [-0.15, -0.1) is 0 Å². The minimum atomic E-state index is -0.655. The number of nitrogens with two attached hydrogens (primary N) is 1. The summed E-state index contributed by atoms with van der Waals surface area (Å²) in [6.07, 6.45) is 1.08. The standard InChI is InChI=1S/C11H11N3O2/c12-6-8-10(15)14-9(11(16)13-8)7-4-2-1-3-5-7/h1-6,9H,12H2,(H,13,16)(H,14,15)/b8-6+. The van der Waals surface area contributed by atoms with Crippen LogP contribution in [0.4, 0.5) is 0 Å². The number of hydrogen-bond acceptors (Lipinski definition) is 3. The summed E-state index contributed by atoms with van der Waals surface area (Å²) >= 11 is 0. The highest BCUT2D eigenvalue weighted by Gasteiger charge is 2.30. The lowest BCUT2D eigenvalue weighted by molar-refractivity contribution is -0.131. The van der Waals surface area contributed by atoms with Gasteiger partial charge in [0.2, 0.25) is 0 Å². The molecule has 1 fully saturated rings. The first-order valence-electron chi connectivity index (χ1n) is 4.81. The number of hydrogen-bond donors (Lipinski definition) is 3. The fourth-order valence-corrected chi connectivity index (χ4v) is 1.53. The van der Waals surface area contributed by atoms with Crippen molar-refractivity contribution in [2.24, 2.45) is 5.73 Å². The average molecular weight is 217 g/mol. The molecule has 1 atom stereocenters. The molecule has 0 aliphatic carbocycles. The highest BCUT2D eigenvalue weighted by Crippen LogP contribution is 2.16. The Labute approximate surface area is 92.3 Å². The smallest absolute Gasteiger partial charge is 0.270 e. The van der Waals surface area contributed by atoms with Crippen LogP contribution in [0.15, 0.2) is 42.2 Å². The van der Waals surface area contributed by atoms with Gasteiger partial charge in [0.25, 0.3) is 11.8 Å². The van der Waals surface area contributed by atoms with Gasteiger partial charge in [0.1, 0.15) is 11.7 Å². The molecular weight excluding hydrogens is 206 g/mol. The SMILES string of the molecule is N/C=C1/NC(=O)C(c2ccccc2)NC1=O. The van der Waals surface area contributed by atoms with Gasteiger partial charge in [0.15, 0.2) is 0 Å². The van der Waals surface area contributed by atoms with Gasteiger partial charge in [-0.05, 0) is 5.56 Å². The van der Waals surface area contributed by atoms with Crippen LogP contribution in [0, 0.1) is 0 Å². The Balaban J connectivity index is 2.26. The van der Waals surface area contributed by atoms with E-state index in [1.54, 1.807) is 12.1 Å². The van der Waals surface area contributed by atoms with Crippen LogP contribution in [0.5, 0.6) is 0 Å². The van der Waals surface area contributed by atoms with Gasteiger partial charge in [-0.25, -0.2) is 0 Å². The van der Waals surface area contributed by atoms with E-state index in [-0.39, 0.29) is 17.5 Å². The molecule has 82 valence electrons. The Morgan fingerprint density at radius 1 is 1.19 bits per heavy atom. The third-order valence-electron chi connectivity index (χ3n) is 2.34. The normalized spacial score (nSPS) is 22.8. The molecule has 5 heteroatoms. The molecule has 0 radical (unpaired) electrons. The lowest BCUT2D eigenvalue weighted by Crippen LogP contribution is -2.49. The maximum Gasteiger partial charge on any atom is 0.270 e. The summed E-state index contributed by atoms with van der Waals surface area (Å²) in [5.41, 5.74) is 6.02. The van der Waals surface area contributed by atoms with E-state index in [4.69, 9.17) is 5.73 Å². The van der Waals surface area contributed by atoms with Crippen molar-refractivity contribution < 1.29 is 9.59 Å². The predicted molar refractivity (Wildman–Crippen MR) is 57.7 cm³/mol. The monoisotopic (exact) mass is 217 g/mol. The maximum absolute atomic E-state index is 11.7. The van der Waals surface area contributed by atoms with Crippen molar-refractivity contribution in [2.45, 2.75) is 6.04 Å². The number of benzene rings is 1. The third kappa shape index (κ3) is 1.75. The van der Waals surface area contributed by atoms with Gasteiger partial charge in [-0.1, -0.05) is 30.3 Å². The fourth-order valence-electron chi connectivity index (χ4n) is 1.53. The Morgan fingerprint density at radius 2 is 1.88 bits per heavy atom. The van der Waals surface area contributed by atoms with Crippen LogP contribution in [-0.2, 0) is 9.59 Å². The van der Waals surface area contributed by atoms with E-state index >= 15 is 0 Å². The number of rotatable bonds is 1. The number of nitrogens with one attached hydrogen (secondary N) is 2. The van der Waals surface area contributed by atoms with E-state index in [9.17, 15) is 9.59 Å². The summed E-state index contributed by atoms with van der Waals surface area (Å²) in [7, 11) is 0. The summed E-state index contributed by atoms with van der Waals surface area (Å²) in [4.78, 5) is 23.2. The quantitative estimate of drug-likeness (QED) is 0.568. The van der Waals surface area contributed by atoms with Crippen molar-refractivity contribution in [3.05, 3.63) is 47.8 Å². The molecule has 1 aromatic rings. The van der Waals surface area contributed by atoms with Gasteiger partial charge in [0, 0.05) is 6.20 Å². The summed E-state index contributed by atoms with van der Waals surface area (Å²) < 4.78 is 0. The van der Waals surface area contributed by atoms with E-state index in [1.165, 1.54) is 0 Å². The van der Waals surface area contributed by atoms with E-state index in [2.05, 4.69) is 10.6 Å². The number of carbonyl (C=O) groups excluding carboxylic acids is 2. The Morgan fingerprint density at radius 3 is 2.50 bits per heavy atom. The molecule has 1 aliphatic heterocycles. The highest BCUT2D eigenvalue weighted by atomic mass is 16.2. The second-order valence-corrected chi connectivity index (χ2v) is 3.39. The molecule has 1 aromatic carbocycles. The van der Waals surface area contributed by atoms with E-state index in [0.29, 0.717) is 0 Å². The van der Waals surface area contributed by atoms with Crippen molar-refractivity contribution in [1.29, 1.82) is 0 Å². The van der Waals surface area contributed by atoms with Crippen molar-refractivity contribution in [3.63, 3.8) is 0 Å². The van der Waals surface area contributed by atoms with E-state index < -0.39 is 6.04 Å². The predicted octanol–water partition coefficient (Wildman–Crippen LogP) is -0.226. The molecule has 1 unspecified atom stereocenters. The van der Waals surface area contributed by atoms with Crippen LogP contribution in [0.1, 0.15) is 11.6 Å². The molecule has 0 spiro atoms. The van der Waals surface area contributed by atoms with Crippen LogP contribution in [0.2, 0.25) is 0 Å². The molecule has 1 saturated heterocycles. The summed E-state index contributed by atoms with van der Waals surface area (Å²) in [5.74, 6) is -0.668. The Hall–Kier alpha value is -2.30. The van der Waals surface area contributed by atoms with Gasteiger partial charge >= 0.3 is 0 Å². The highest BCUT2D eigenvalue weighted by molar-refractivity contribution is 6.04. The molecule has 1 aliphatic rings. The second-order valence-electron chi connectivity index (χ2n) is 3.39. The fraction of sp³-hybridized carbons (Fsp3) is 0.0909. The van der Waals surface area contributed by atoms with Gasteiger partial charge in [-0.2, -0.15) is 0 Å². The zero-order valence-electron chi connectivity index (χ0n) is 8.44. The molecule has 0 aromatic heterocycles. The lowest BCUT2D eigenvalue weighted by atomic mass is 10.0. The first-order valence-corrected chi connectivity index (χ1v) is 4.81.